The van der Waals surface area contributed by atoms with Crippen LogP contribution in [0.2, 0.25) is 0 Å². The molecule has 0 unspecified atom stereocenters. The van der Waals surface area contributed by atoms with Crippen LogP contribution in [0, 0.1) is 0 Å². The molecule has 94 valence electrons. The minimum absolute atomic E-state index is 0.203. The molecule has 6 heteroatoms. The van der Waals surface area contributed by atoms with Crippen LogP contribution in [0.15, 0.2) is 43.0 Å². The van der Waals surface area contributed by atoms with Crippen LogP contribution in [-0.2, 0) is 10.0 Å². The summed E-state index contributed by atoms with van der Waals surface area (Å²) < 4.78 is 28.0. The zero-order valence-corrected chi connectivity index (χ0v) is 10.5. The number of imidazole rings is 1. The standard InChI is InChI=1S/C12H13N3O2S/c16-18(17,12-5-6-12)14-10-1-3-11(4-2-10)15-8-7-13-9-15/h1-4,7-9,12,14H,5-6H2. The normalized spacial score (nSPS) is 15.6. The van der Waals surface area contributed by atoms with E-state index in [1.165, 1.54) is 0 Å². The van der Waals surface area contributed by atoms with Crippen molar-refractivity contribution in [3.63, 3.8) is 0 Å². The number of nitrogens with one attached hydrogen (secondary N) is 1. The van der Waals surface area contributed by atoms with Crippen molar-refractivity contribution in [1.29, 1.82) is 0 Å². The quantitative estimate of drug-likeness (QED) is 0.914. The summed E-state index contributed by atoms with van der Waals surface area (Å²) in [6, 6.07) is 7.23. The van der Waals surface area contributed by atoms with Gasteiger partial charge in [-0.1, -0.05) is 0 Å². The highest BCUT2D eigenvalue weighted by Gasteiger charge is 2.35. The lowest BCUT2D eigenvalue weighted by Gasteiger charge is -2.08. The van der Waals surface area contributed by atoms with Gasteiger partial charge in [-0.05, 0) is 37.1 Å². The smallest absolute Gasteiger partial charge is 0.235 e. The van der Waals surface area contributed by atoms with E-state index in [0.717, 1.165) is 18.5 Å². The molecule has 0 atom stereocenters. The van der Waals surface area contributed by atoms with Gasteiger partial charge in [0.15, 0.2) is 0 Å². The number of nitrogens with zero attached hydrogens (tertiary/aromatic N) is 2. The number of hydrogen-bond donors (Lipinski definition) is 1. The molecule has 0 saturated heterocycles. The third-order valence-corrected chi connectivity index (χ3v) is 4.76. The van der Waals surface area contributed by atoms with Gasteiger partial charge in [-0.2, -0.15) is 0 Å². The third kappa shape index (κ3) is 2.24. The molecule has 1 aliphatic rings. The van der Waals surface area contributed by atoms with Gasteiger partial charge in [0.05, 0.1) is 11.6 Å². The fourth-order valence-electron chi connectivity index (χ4n) is 1.74. The first-order chi connectivity index (χ1) is 8.65. The van der Waals surface area contributed by atoms with E-state index < -0.39 is 10.0 Å². The molecule has 1 saturated carbocycles. The molecule has 0 amide bonds. The van der Waals surface area contributed by atoms with Gasteiger partial charge in [-0.3, -0.25) is 4.72 Å². The first-order valence-electron chi connectivity index (χ1n) is 5.75. The molecule has 1 N–H and O–H groups in total. The van der Waals surface area contributed by atoms with Gasteiger partial charge >= 0.3 is 0 Å². The number of anilines is 1. The zero-order chi connectivity index (χ0) is 12.6. The van der Waals surface area contributed by atoms with Gasteiger partial charge in [0.2, 0.25) is 10.0 Å². The van der Waals surface area contributed by atoms with Crippen LogP contribution >= 0.6 is 0 Å². The molecule has 3 rings (SSSR count). The lowest BCUT2D eigenvalue weighted by atomic mass is 10.3. The second-order valence-corrected chi connectivity index (χ2v) is 6.32. The second-order valence-electron chi connectivity index (χ2n) is 4.36. The average Bonchev–Trinajstić information content (AvgIpc) is 3.08. The lowest BCUT2D eigenvalue weighted by Crippen LogP contribution is -2.17. The van der Waals surface area contributed by atoms with E-state index in [2.05, 4.69) is 9.71 Å². The Bertz CT molecular complexity index is 628. The van der Waals surface area contributed by atoms with Crippen LogP contribution in [0.5, 0.6) is 0 Å². The molecule has 18 heavy (non-hydrogen) atoms. The van der Waals surface area contributed by atoms with E-state index >= 15 is 0 Å². The Morgan fingerprint density at radius 1 is 1.22 bits per heavy atom. The number of aromatic nitrogens is 2. The summed E-state index contributed by atoms with van der Waals surface area (Å²) in [5, 5.41) is -0.203. The molecule has 1 fully saturated rings. The maximum atomic E-state index is 11.7. The van der Waals surface area contributed by atoms with Gasteiger partial charge in [0.25, 0.3) is 0 Å². The highest BCUT2D eigenvalue weighted by atomic mass is 32.2. The topological polar surface area (TPSA) is 64.0 Å². The fraction of sp³-hybridized carbons (Fsp3) is 0.250. The third-order valence-electron chi connectivity index (χ3n) is 2.89. The SMILES string of the molecule is O=S(=O)(Nc1ccc(-n2ccnc2)cc1)C1CC1. The van der Waals surface area contributed by atoms with E-state index in [-0.39, 0.29) is 5.25 Å². The molecule has 1 aliphatic carbocycles. The van der Waals surface area contributed by atoms with Gasteiger partial charge in [0.1, 0.15) is 0 Å². The van der Waals surface area contributed by atoms with Crippen molar-refractivity contribution in [1.82, 2.24) is 9.55 Å². The molecule has 1 aromatic carbocycles. The van der Waals surface area contributed by atoms with Gasteiger partial charge in [-0.15, -0.1) is 0 Å². The number of sulfonamides is 1. The van der Waals surface area contributed by atoms with Crippen molar-refractivity contribution in [3.05, 3.63) is 43.0 Å². The molecule has 1 aromatic heterocycles. The molecule has 0 aliphatic heterocycles. The zero-order valence-electron chi connectivity index (χ0n) is 9.65. The Hall–Kier alpha value is -1.82. The van der Waals surface area contributed by atoms with Crippen LogP contribution in [0.4, 0.5) is 5.69 Å². The Morgan fingerprint density at radius 2 is 1.94 bits per heavy atom. The summed E-state index contributed by atoms with van der Waals surface area (Å²) in [7, 11) is -3.18. The first kappa shape index (κ1) is 11.3. The molecular formula is C12H13N3O2S. The van der Waals surface area contributed by atoms with E-state index in [9.17, 15) is 8.42 Å². The molecule has 2 aromatic rings. The summed E-state index contributed by atoms with van der Waals surface area (Å²) in [6.45, 7) is 0. The van der Waals surface area contributed by atoms with Crippen LogP contribution < -0.4 is 4.72 Å². The van der Waals surface area contributed by atoms with Gasteiger partial charge in [-0.25, -0.2) is 13.4 Å². The van der Waals surface area contributed by atoms with E-state index in [1.54, 1.807) is 24.7 Å². The monoisotopic (exact) mass is 263 g/mol. The Balaban J connectivity index is 1.79. The lowest BCUT2D eigenvalue weighted by molar-refractivity contribution is 0.600. The van der Waals surface area contributed by atoms with Crippen molar-refractivity contribution in [2.75, 3.05) is 4.72 Å². The Morgan fingerprint density at radius 3 is 2.50 bits per heavy atom. The minimum atomic E-state index is -3.18. The van der Waals surface area contributed by atoms with Crippen LogP contribution in [-0.4, -0.2) is 23.2 Å². The van der Waals surface area contributed by atoms with E-state index in [4.69, 9.17) is 0 Å². The average molecular weight is 263 g/mol. The number of benzene rings is 1. The molecule has 0 spiro atoms. The maximum absolute atomic E-state index is 11.7. The summed E-state index contributed by atoms with van der Waals surface area (Å²) in [6.07, 6.45) is 6.77. The number of rotatable bonds is 4. The molecule has 5 nitrogen and oxygen atoms in total. The molecular weight excluding hydrogens is 250 g/mol. The first-order valence-corrected chi connectivity index (χ1v) is 7.30. The van der Waals surface area contributed by atoms with Crippen molar-refractivity contribution >= 4 is 15.7 Å². The summed E-state index contributed by atoms with van der Waals surface area (Å²) in [5.74, 6) is 0. The Labute approximate surface area is 106 Å². The van der Waals surface area contributed by atoms with Crippen LogP contribution in [0.25, 0.3) is 5.69 Å². The second kappa shape index (κ2) is 4.13. The minimum Gasteiger partial charge on any atom is -0.306 e. The molecule has 0 bridgehead atoms. The van der Waals surface area contributed by atoms with E-state index in [0.29, 0.717) is 5.69 Å². The van der Waals surface area contributed by atoms with Crippen molar-refractivity contribution < 1.29 is 8.42 Å². The predicted octanol–water partition coefficient (Wildman–Crippen LogP) is 1.78. The summed E-state index contributed by atoms with van der Waals surface area (Å²) >= 11 is 0. The molecule has 0 radical (unpaired) electrons. The van der Waals surface area contributed by atoms with Crippen molar-refractivity contribution in [2.24, 2.45) is 0 Å². The maximum Gasteiger partial charge on any atom is 0.235 e. The van der Waals surface area contributed by atoms with Crippen LogP contribution in [0.3, 0.4) is 0 Å². The number of hydrogen-bond acceptors (Lipinski definition) is 3. The van der Waals surface area contributed by atoms with E-state index in [1.807, 2.05) is 22.9 Å². The largest absolute Gasteiger partial charge is 0.306 e. The summed E-state index contributed by atoms with van der Waals surface area (Å²) in [4.78, 5) is 3.96. The van der Waals surface area contributed by atoms with Gasteiger partial charge < -0.3 is 4.57 Å². The summed E-state index contributed by atoms with van der Waals surface area (Å²) in [5.41, 5.74) is 1.55. The van der Waals surface area contributed by atoms with Crippen molar-refractivity contribution in [3.8, 4) is 5.69 Å². The Kier molecular flexibility index (Phi) is 2.59. The fourth-order valence-corrected chi connectivity index (χ4v) is 3.13. The highest BCUT2D eigenvalue weighted by Crippen LogP contribution is 2.29. The van der Waals surface area contributed by atoms with Gasteiger partial charge in [0, 0.05) is 23.8 Å². The highest BCUT2D eigenvalue weighted by molar-refractivity contribution is 7.93. The predicted molar refractivity (Wildman–Crippen MR) is 69.1 cm³/mol. The molecule has 1 heterocycles. The van der Waals surface area contributed by atoms with Crippen molar-refractivity contribution in [2.45, 2.75) is 18.1 Å². The van der Waals surface area contributed by atoms with Crippen LogP contribution in [0.1, 0.15) is 12.8 Å².